The van der Waals surface area contributed by atoms with Crippen LogP contribution in [0.3, 0.4) is 0 Å². The second kappa shape index (κ2) is 7.24. The number of fused-ring (bicyclic) bond motifs is 1. The Hall–Kier alpha value is -2.93. The standard InChI is InChI=1S/C21H18F3NO3/c1-3-28-19(26)20(27,21(22,23)24)16-10-6-5-9-15(16)18-13(2)12-14-8-4-7-11-17(14)25-18/h4-12,27H,3H2,1-2H3. The summed E-state index contributed by atoms with van der Waals surface area (Å²) in [6, 6.07) is 14.3. The molecule has 0 fully saturated rings. The second-order valence-corrected chi connectivity index (χ2v) is 6.32. The molecule has 0 aliphatic heterocycles. The van der Waals surface area contributed by atoms with E-state index in [1.165, 1.54) is 25.1 Å². The molecular weight excluding hydrogens is 371 g/mol. The summed E-state index contributed by atoms with van der Waals surface area (Å²) in [6.07, 6.45) is -5.28. The first-order valence-electron chi connectivity index (χ1n) is 8.62. The first-order valence-corrected chi connectivity index (χ1v) is 8.62. The maximum atomic E-state index is 13.8. The average Bonchev–Trinajstić information content (AvgIpc) is 2.66. The first kappa shape index (κ1) is 19.8. The molecule has 0 bridgehead atoms. The quantitative estimate of drug-likeness (QED) is 0.667. The van der Waals surface area contributed by atoms with Crippen LogP contribution in [0.25, 0.3) is 22.2 Å². The van der Waals surface area contributed by atoms with Gasteiger partial charge in [-0.2, -0.15) is 13.2 Å². The fourth-order valence-corrected chi connectivity index (χ4v) is 3.11. The molecule has 0 aliphatic carbocycles. The predicted octanol–water partition coefficient (Wildman–Crippen LogP) is 4.52. The number of carbonyl (C=O) groups excluding carboxylic acids is 1. The monoisotopic (exact) mass is 389 g/mol. The number of pyridine rings is 1. The van der Waals surface area contributed by atoms with Gasteiger partial charge < -0.3 is 9.84 Å². The van der Waals surface area contributed by atoms with E-state index in [2.05, 4.69) is 9.72 Å². The van der Waals surface area contributed by atoms with Crippen LogP contribution in [0.2, 0.25) is 0 Å². The molecule has 0 spiro atoms. The van der Waals surface area contributed by atoms with Crippen LogP contribution < -0.4 is 0 Å². The molecule has 0 amide bonds. The highest BCUT2D eigenvalue weighted by atomic mass is 19.4. The first-order chi connectivity index (χ1) is 13.2. The van der Waals surface area contributed by atoms with E-state index in [9.17, 15) is 23.1 Å². The van der Waals surface area contributed by atoms with Gasteiger partial charge in [0.25, 0.3) is 5.60 Å². The lowest BCUT2D eigenvalue weighted by atomic mass is 9.86. The third kappa shape index (κ3) is 3.22. The number of aliphatic hydroxyl groups is 1. The maximum Gasteiger partial charge on any atom is 0.432 e. The zero-order chi connectivity index (χ0) is 20.5. The molecule has 0 aliphatic rings. The Labute approximate surface area is 159 Å². The number of aryl methyl sites for hydroxylation is 1. The molecule has 1 aromatic heterocycles. The predicted molar refractivity (Wildman–Crippen MR) is 98.5 cm³/mol. The maximum absolute atomic E-state index is 13.8. The number of alkyl halides is 3. The van der Waals surface area contributed by atoms with Crippen LogP contribution in [-0.4, -0.2) is 28.8 Å². The largest absolute Gasteiger partial charge is 0.463 e. The Balaban J connectivity index is 2.29. The van der Waals surface area contributed by atoms with Crippen LogP contribution in [0, 0.1) is 6.92 Å². The van der Waals surface area contributed by atoms with Crippen molar-refractivity contribution in [3.05, 3.63) is 65.7 Å². The fourth-order valence-electron chi connectivity index (χ4n) is 3.11. The van der Waals surface area contributed by atoms with Crippen molar-refractivity contribution in [2.75, 3.05) is 6.61 Å². The number of benzene rings is 2. The van der Waals surface area contributed by atoms with Gasteiger partial charge in [0.15, 0.2) is 0 Å². The zero-order valence-electron chi connectivity index (χ0n) is 15.2. The molecule has 7 heteroatoms. The molecule has 146 valence electrons. The lowest BCUT2D eigenvalue weighted by Crippen LogP contribution is -2.50. The Morgan fingerprint density at radius 2 is 1.75 bits per heavy atom. The number of para-hydroxylation sites is 1. The SMILES string of the molecule is CCOC(=O)C(O)(c1ccccc1-c1nc2ccccc2cc1C)C(F)(F)F. The van der Waals surface area contributed by atoms with Crippen LogP contribution >= 0.6 is 0 Å². The number of hydrogen-bond acceptors (Lipinski definition) is 4. The minimum atomic E-state index is -5.28. The molecule has 0 radical (unpaired) electrons. The van der Waals surface area contributed by atoms with Crippen LogP contribution in [0.5, 0.6) is 0 Å². The van der Waals surface area contributed by atoms with Crippen molar-refractivity contribution in [1.29, 1.82) is 0 Å². The molecule has 0 saturated heterocycles. The number of rotatable bonds is 4. The Morgan fingerprint density at radius 3 is 2.43 bits per heavy atom. The van der Waals surface area contributed by atoms with Crippen LogP contribution in [-0.2, 0) is 15.1 Å². The second-order valence-electron chi connectivity index (χ2n) is 6.32. The van der Waals surface area contributed by atoms with Crippen molar-refractivity contribution >= 4 is 16.9 Å². The molecule has 1 atom stereocenters. The highest BCUT2D eigenvalue weighted by Gasteiger charge is 2.63. The van der Waals surface area contributed by atoms with Gasteiger partial charge in [0, 0.05) is 16.5 Å². The number of hydrogen-bond donors (Lipinski definition) is 1. The van der Waals surface area contributed by atoms with Gasteiger partial charge in [0.05, 0.1) is 17.8 Å². The number of nitrogens with zero attached hydrogens (tertiary/aromatic N) is 1. The molecule has 3 aromatic rings. The van der Waals surface area contributed by atoms with Gasteiger partial charge in [-0.25, -0.2) is 9.78 Å². The number of aromatic nitrogens is 1. The Bertz CT molecular complexity index is 1030. The fraction of sp³-hybridized carbons (Fsp3) is 0.238. The summed E-state index contributed by atoms with van der Waals surface area (Å²) in [7, 11) is 0. The van der Waals surface area contributed by atoms with E-state index in [0.717, 1.165) is 11.5 Å². The minimum absolute atomic E-state index is 0.0126. The molecule has 1 N–H and O–H groups in total. The van der Waals surface area contributed by atoms with Gasteiger partial charge in [0.1, 0.15) is 0 Å². The highest BCUT2D eigenvalue weighted by molar-refractivity contribution is 5.88. The van der Waals surface area contributed by atoms with Crippen molar-refractivity contribution in [2.45, 2.75) is 25.6 Å². The van der Waals surface area contributed by atoms with Crippen molar-refractivity contribution in [1.82, 2.24) is 4.98 Å². The Morgan fingerprint density at radius 1 is 1.11 bits per heavy atom. The van der Waals surface area contributed by atoms with E-state index in [1.807, 2.05) is 12.1 Å². The summed E-state index contributed by atoms with van der Waals surface area (Å²) in [5.41, 5.74) is -2.96. The van der Waals surface area contributed by atoms with E-state index in [-0.39, 0.29) is 17.9 Å². The van der Waals surface area contributed by atoms with E-state index in [1.54, 1.807) is 25.1 Å². The van der Waals surface area contributed by atoms with Crippen molar-refractivity contribution in [3.8, 4) is 11.3 Å². The molecule has 28 heavy (non-hydrogen) atoms. The van der Waals surface area contributed by atoms with Crippen molar-refractivity contribution < 1.29 is 27.8 Å². The van der Waals surface area contributed by atoms with Crippen molar-refractivity contribution in [2.24, 2.45) is 0 Å². The van der Waals surface area contributed by atoms with Crippen molar-refractivity contribution in [3.63, 3.8) is 0 Å². The van der Waals surface area contributed by atoms with Gasteiger partial charge >= 0.3 is 12.1 Å². The van der Waals surface area contributed by atoms with Gasteiger partial charge in [-0.3, -0.25) is 0 Å². The van der Waals surface area contributed by atoms with E-state index >= 15 is 0 Å². The van der Waals surface area contributed by atoms with E-state index < -0.39 is 23.3 Å². The summed E-state index contributed by atoms with van der Waals surface area (Å²) in [6.45, 7) is 2.78. The van der Waals surface area contributed by atoms with Gasteiger partial charge in [-0.15, -0.1) is 0 Å². The molecule has 0 saturated carbocycles. The normalized spacial score (nSPS) is 13.9. The van der Waals surface area contributed by atoms with Crippen LogP contribution in [0.4, 0.5) is 13.2 Å². The lowest BCUT2D eigenvalue weighted by molar-refractivity contribution is -0.267. The van der Waals surface area contributed by atoms with Gasteiger partial charge in [-0.05, 0) is 31.5 Å². The van der Waals surface area contributed by atoms with Crippen LogP contribution in [0.1, 0.15) is 18.1 Å². The third-order valence-electron chi connectivity index (χ3n) is 4.47. The number of halogens is 3. The molecule has 1 heterocycles. The smallest absolute Gasteiger partial charge is 0.432 e. The summed E-state index contributed by atoms with van der Waals surface area (Å²) in [5.74, 6) is -1.77. The molecule has 1 unspecified atom stereocenters. The Kier molecular flexibility index (Phi) is 5.12. The van der Waals surface area contributed by atoms with Gasteiger partial charge in [-0.1, -0.05) is 42.5 Å². The molecular formula is C21H18F3NO3. The highest BCUT2D eigenvalue weighted by Crippen LogP contribution is 2.44. The van der Waals surface area contributed by atoms with Gasteiger partial charge in [0.2, 0.25) is 0 Å². The van der Waals surface area contributed by atoms with Crippen LogP contribution in [0.15, 0.2) is 54.6 Å². The van der Waals surface area contributed by atoms with E-state index in [0.29, 0.717) is 11.1 Å². The molecule has 3 rings (SSSR count). The number of ether oxygens (including phenoxy) is 1. The number of carbonyl (C=O) groups is 1. The zero-order valence-corrected chi connectivity index (χ0v) is 15.2. The summed E-state index contributed by atoms with van der Waals surface area (Å²) >= 11 is 0. The molecule has 4 nitrogen and oxygen atoms in total. The molecule has 2 aromatic carbocycles. The average molecular weight is 389 g/mol. The number of esters is 1. The summed E-state index contributed by atoms with van der Waals surface area (Å²) in [5, 5.41) is 11.4. The summed E-state index contributed by atoms with van der Waals surface area (Å²) < 4.78 is 46.1. The van der Waals surface area contributed by atoms with E-state index in [4.69, 9.17) is 0 Å². The topological polar surface area (TPSA) is 59.4 Å². The summed E-state index contributed by atoms with van der Waals surface area (Å²) in [4.78, 5) is 16.7. The lowest BCUT2D eigenvalue weighted by Gasteiger charge is -2.30. The third-order valence-corrected chi connectivity index (χ3v) is 4.47. The minimum Gasteiger partial charge on any atom is -0.463 e.